The van der Waals surface area contributed by atoms with Crippen LogP contribution < -0.4 is 15.9 Å². The van der Waals surface area contributed by atoms with Crippen LogP contribution in [-0.4, -0.2) is 16.3 Å². The van der Waals surface area contributed by atoms with E-state index in [4.69, 9.17) is 16.3 Å². The van der Waals surface area contributed by atoms with E-state index in [-0.39, 0.29) is 4.75 Å². The third kappa shape index (κ3) is 4.09. The summed E-state index contributed by atoms with van der Waals surface area (Å²) < 4.78 is 5.92. The molecule has 0 fully saturated rings. The van der Waals surface area contributed by atoms with Crippen LogP contribution in [0.1, 0.15) is 20.8 Å². The van der Waals surface area contributed by atoms with Gasteiger partial charge >= 0.3 is 5.97 Å². The van der Waals surface area contributed by atoms with Crippen molar-refractivity contribution < 1.29 is 9.53 Å². The van der Waals surface area contributed by atoms with Gasteiger partial charge in [0, 0.05) is 6.89 Å². The Labute approximate surface area is 172 Å². The molecule has 0 aromatic heterocycles. The van der Waals surface area contributed by atoms with Gasteiger partial charge in [0.2, 0.25) is 0 Å². The van der Waals surface area contributed by atoms with Crippen LogP contribution in [0.4, 0.5) is 0 Å². The van der Waals surface area contributed by atoms with E-state index >= 15 is 0 Å². The predicted molar refractivity (Wildman–Crippen MR) is 122 cm³/mol. The first kappa shape index (κ1) is 20.5. The molecule has 2 nitrogen and oxygen atoms in total. The van der Waals surface area contributed by atoms with E-state index in [0.29, 0.717) is 0 Å². The molecule has 3 aromatic carbocycles. The van der Waals surface area contributed by atoms with Gasteiger partial charge in [-0.15, -0.1) is 0 Å². The molecule has 0 amide bonds. The van der Waals surface area contributed by atoms with Crippen molar-refractivity contribution in [1.82, 2.24) is 0 Å². The second kappa shape index (κ2) is 8.39. The Kier molecular flexibility index (Phi) is 6.13. The molecule has 0 atom stereocenters. The SMILES string of the molecule is CC(C)(C)OC(=O)C(Cl)=P(c1ccccc1)(c1ccccc1)c1ccccc1. The zero-order chi connectivity index (χ0) is 20.2. The lowest BCUT2D eigenvalue weighted by atomic mass is 10.2. The predicted octanol–water partition coefficient (Wildman–Crippen LogP) is 4.69. The van der Waals surface area contributed by atoms with E-state index in [1.165, 1.54) is 0 Å². The Morgan fingerprint density at radius 2 is 1.04 bits per heavy atom. The molecule has 0 spiro atoms. The molecule has 3 rings (SSSR count). The molecule has 0 heterocycles. The lowest BCUT2D eigenvalue weighted by molar-refractivity contribution is -0.145. The standard InChI is InChI=1S/C24H24ClO2P/c1-24(2,3)27-23(26)22(25)28(19-13-7-4-8-14-19,20-15-9-5-10-16-20)21-17-11-6-12-18-21/h4-18H,1-3H3. The molecular formula is C24H24ClO2P. The maximum absolute atomic E-state index is 13.2. The van der Waals surface area contributed by atoms with Gasteiger partial charge in [0.25, 0.3) is 0 Å². The minimum Gasteiger partial charge on any atom is -0.456 e. The molecule has 0 aliphatic carbocycles. The molecule has 0 bridgehead atoms. The van der Waals surface area contributed by atoms with E-state index in [2.05, 4.69) is 0 Å². The summed E-state index contributed by atoms with van der Waals surface area (Å²) in [5, 5.41) is 3.05. The average molecular weight is 411 g/mol. The second-order valence-electron chi connectivity index (χ2n) is 7.47. The van der Waals surface area contributed by atoms with Gasteiger partial charge in [-0.1, -0.05) is 103 Å². The van der Waals surface area contributed by atoms with E-state index < -0.39 is 18.5 Å². The molecule has 0 saturated carbocycles. The van der Waals surface area contributed by atoms with Gasteiger partial charge in [-0.2, -0.15) is 0 Å². The van der Waals surface area contributed by atoms with Gasteiger partial charge < -0.3 is 4.74 Å². The molecule has 28 heavy (non-hydrogen) atoms. The van der Waals surface area contributed by atoms with Crippen molar-refractivity contribution in [2.45, 2.75) is 26.4 Å². The third-order valence-corrected chi connectivity index (χ3v) is 9.20. The summed E-state index contributed by atoms with van der Waals surface area (Å²) >= 11 is 6.96. The Hall–Kier alpha value is -2.28. The van der Waals surface area contributed by atoms with Gasteiger partial charge in [-0.3, -0.25) is 0 Å². The molecule has 0 aliphatic heterocycles. The van der Waals surface area contributed by atoms with Gasteiger partial charge in [-0.25, -0.2) is 4.79 Å². The molecule has 0 unspecified atom stereocenters. The maximum Gasteiger partial charge on any atom is 0.351 e. The van der Waals surface area contributed by atoms with E-state index in [1.807, 2.05) is 112 Å². The van der Waals surface area contributed by atoms with Crippen molar-refractivity contribution in [3.05, 3.63) is 91.0 Å². The molecule has 3 aromatic rings. The summed E-state index contributed by atoms with van der Waals surface area (Å²) in [6, 6.07) is 30.0. The summed E-state index contributed by atoms with van der Waals surface area (Å²) in [6.07, 6.45) is 0. The summed E-state index contributed by atoms with van der Waals surface area (Å²) in [6.45, 7) is 2.97. The Morgan fingerprint density at radius 3 is 1.32 bits per heavy atom. The van der Waals surface area contributed by atoms with Crippen molar-refractivity contribution in [3.8, 4) is 0 Å². The summed E-state index contributed by atoms with van der Waals surface area (Å²) in [5.74, 6) is -0.473. The van der Waals surface area contributed by atoms with Crippen LogP contribution in [-0.2, 0) is 9.53 Å². The smallest absolute Gasteiger partial charge is 0.351 e. The molecule has 0 aliphatic rings. The van der Waals surface area contributed by atoms with Gasteiger partial charge in [0.1, 0.15) is 10.4 Å². The number of rotatable bonds is 4. The minimum atomic E-state index is -2.58. The summed E-state index contributed by atoms with van der Waals surface area (Å²) in [5.41, 5.74) is -0.628. The molecule has 144 valence electrons. The Balaban J connectivity index is 2.45. The third-order valence-electron chi connectivity index (χ3n) is 4.29. The number of halogens is 1. The van der Waals surface area contributed by atoms with Crippen molar-refractivity contribution in [2.75, 3.05) is 0 Å². The van der Waals surface area contributed by atoms with Gasteiger partial charge in [0.15, 0.2) is 0 Å². The Morgan fingerprint density at radius 1 is 0.714 bits per heavy atom. The normalized spacial score (nSPS) is 11.7. The highest BCUT2D eigenvalue weighted by atomic mass is 35.5. The van der Waals surface area contributed by atoms with Crippen molar-refractivity contribution >= 4 is 45.1 Å². The first-order valence-corrected chi connectivity index (χ1v) is 11.3. The number of ether oxygens (including phenoxy) is 1. The van der Waals surface area contributed by atoms with E-state index in [1.54, 1.807) is 0 Å². The van der Waals surface area contributed by atoms with Gasteiger partial charge in [-0.05, 0) is 36.7 Å². The largest absolute Gasteiger partial charge is 0.456 e. The number of esters is 1. The first-order valence-electron chi connectivity index (χ1n) is 9.18. The quantitative estimate of drug-likeness (QED) is 0.460. The number of benzene rings is 3. The lowest BCUT2D eigenvalue weighted by Crippen LogP contribution is -2.34. The fraction of sp³-hybridized carbons (Fsp3) is 0.167. The monoisotopic (exact) mass is 410 g/mol. The molecule has 0 saturated heterocycles. The number of carbonyl (C=O) groups excluding carboxylic acids is 1. The minimum absolute atomic E-state index is 0.228. The Bertz CT molecular complexity index is 888. The van der Waals surface area contributed by atoms with Crippen molar-refractivity contribution in [2.24, 2.45) is 0 Å². The fourth-order valence-corrected chi connectivity index (χ4v) is 7.87. The van der Waals surface area contributed by atoms with Crippen LogP contribution in [0.15, 0.2) is 91.0 Å². The van der Waals surface area contributed by atoms with Crippen molar-refractivity contribution in [1.29, 1.82) is 0 Å². The number of hydrogen-bond donors (Lipinski definition) is 0. The fourth-order valence-electron chi connectivity index (χ4n) is 3.20. The highest BCUT2D eigenvalue weighted by molar-refractivity contribution is 7.98. The van der Waals surface area contributed by atoms with Crippen molar-refractivity contribution in [3.63, 3.8) is 0 Å². The highest BCUT2D eigenvalue weighted by Crippen LogP contribution is 2.47. The topological polar surface area (TPSA) is 26.3 Å². The van der Waals surface area contributed by atoms with Crippen LogP contribution in [0.25, 0.3) is 0 Å². The molecule has 0 N–H and O–H groups in total. The first-order chi connectivity index (χ1) is 13.4. The van der Waals surface area contributed by atoms with E-state index in [0.717, 1.165) is 15.9 Å². The van der Waals surface area contributed by atoms with Crippen LogP contribution >= 0.6 is 18.5 Å². The zero-order valence-corrected chi connectivity index (χ0v) is 18.0. The van der Waals surface area contributed by atoms with E-state index in [9.17, 15) is 4.79 Å². The second-order valence-corrected chi connectivity index (χ2v) is 11.4. The van der Waals surface area contributed by atoms with Crippen LogP contribution in [0.5, 0.6) is 0 Å². The van der Waals surface area contributed by atoms with Crippen LogP contribution in [0.3, 0.4) is 0 Å². The van der Waals surface area contributed by atoms with Gasteiger partial charge in [0.05, 0.1) is 0 Å². The lowest BCUT2D eigenvalue weighted by Gasteiger charge is -2.30. The zero-order valence-electron chi connectivity index (χ0n) is 16.3. The molecule has 4 heteroatoms. The summed E-state index contributed by atoms with van der Waals surface area (Å²) in [4.78, 5) is 13.2. The number of carbonyl (C=O) groups is 1. The number of hydrogen-bond acceptors (Lipinski definition) is 2. The molecule has 0 radical (unpaired) electrons. The van der Waals surface area contributed by atoms with Crippen LogP contribution in [0, 0.1) is 0 Å². The van der Waals surface area contributed by atoms with Crippen LogP contribution in [0.2, 0.25) is 0 Å². The molecular weight excluding hydrogens is 387 g/mol. The maximum atomic E-state index is 13.2. The summed E-state index contributed by atoms with van der Waals surface area (Å²) in [7, 11) is 0. The highest BCUT2D eigenvalue weighted by Gasteiger charge is 2.34. The average Bonchev–Trinajstić information content (AvgIpc) is 2.70.